The summed E-state index contributed by atoms with van der Waals surface area (Å²) in [7, 11) is 0. The van der Waals surface area contributed by atoms with E-state index in [0.29, 0.717) is 15.5 Å². The lowest BCUT2D eigenvalue weighted by molar-refractivity contribution is -0.110. The molecule has 2 aromatic heterocycles. The van der Waals surface area contributed by atoms with E-state index in [1.54, 1.807) is 18.3 Å². The lowest BCUT2D eigenvalue weighted by Crippen LogP contribution is -2.25. The van der Waals surface area contributed by atoms with Crippen molar-refractivity contribution in [3.8, 4) is 0 Å². The van der Waals surface area contributed by atoms with Gasteiger partial charge in [0.15, 0.2) is 0 Å². The van der Waals surface area contributed by atoms with E-state index in [1.807, 2.05) is 12.1 Å². The first kappa shape index (κ1) is 13.6. The van der Waals surface area contributed by atoms with E-state index < -0.39 is 0 Å². The van der Waals surface area contributed by atoms with Crippen LogP contribution in [0.1, 0.15) is 20.9 Å². The van der Waals surface area contributed by atoms with Crippen LogP contribution in [0.5, 0.6) is 0 Å². The number of carbonyl (C=O) groups is 2. The van der Waals surface area contributed by atoms with Gasteiger partial charge in [0.05, 0.1) is 17.1 Å². The third-order valence-corrected chi connectivity index (χ3v) is 4.09. The van der Waals surface area contributed by atoms with Crippen LogP contribution in [0.3, 0.4) is 0 Å². The molecule has 0 saturated heterocycles. The number of thiophene rings is 1. The third kappa shape index (κ3) is 2.61. The molecule has 1 aliphatic rings. The van der Waals surface area contributed by atoms with Crippen LogP contribution < -0.4 is 10.6 Å². The molecule has 7 heteroatoms. The molecule has 0 bridgehead atoms. The van der Waals surface area contributed by atoms with Crippen molar-refractivity contribution in [2.75, 3.05) is 18.5 Å². The predicted octanol–water partition coefficient (Wildman–Crippen LogP) is 1.29. The lowest BCUT2D eigenvalue weighted by Gasteiger charge is -2.00. The van der Waals surface area contributed by atoms with Crippen LogP contribution in [-0.4, -0.2) is 35.1 Å². The first-order valence-electron chi connectivity index (χ1n) is 6.38. The van der Waals surface area contributed by atoms with Gasteiger partial charge < -0.3 is 20.7 Å². The fraction of sp³-hybridized carbons (Fsp3) is 0.143. The first-order valence-corrected chi connectivity index (χ1v) is 7.20. The second-order valence-corrected chi connectivity index (χ2v) is 5.52. The smallest absolute Gasteiger partial charge is 0.261 e. The van der Waals surface area contributed by atoms with Crippen LogP contribution in [-0.2, 0) is 4.79 Å². The Hall–Kier alpha value is -2.38. The molecule has 0 aliphatic carbocycles. The minimum Gasteiger partial charge on any atom is -0.395 e. The van der Waals surface area contributed by atoms with Crippen LogP contribution >= 0.6 is 11.3 Å². The summed E-state index contributed by atoms with van der Waals surface area (Å²) >= 11 is 1.22. The number of H-pyrrole nitrogens is 1. The Morgan fingerprint density at radius 2 is 2.33 bits per heavy atom. The molecule has 0 aromatic carbocycles. The number of aliphatic hydroxyl groups is 1. The van der Waals surface area contributed by atoms with Crippen LogP contribution in [0.2, 0.25) is 0 Å². The number of amides is 2. The number of carbonyl (C=O) groups excluding carboxylic acids is 2. The summed E-state index contributed by atoms with van der Waals surface area (Å²) in [5.41, 5.74) is 2.09. The summed E-state index contributed by atoms with van der Waals surface area (Å²) in [4.78, 5) is 27.3. The minimum atomic E-state index is -0.253. The summed E-state index contributed by atoms with van der Waals surface area (Å²) < 4.78 is 0. The fourth-order valence-corrected chi connectivity index (χ4v) is 3.06. The molecule has 108 valence electrons. The number of hydrogen-bond donors (Lipinski definition) is 4. The number of aliphatic hydroxyl groups excluding tert-OH is 1. The number of aromatic nitrogens is 1. The van der Waals surface area contributed by atoms with Crippen molar-refractivity contribution in [3.05, 3.63) is 40.5 Å². The quantitative estimate of drug-likeness (QED) is 0.641. The number of anilines is 1. The van der Waals surface area contributed by atoms with Gasteiger partial charge in [-0.2, -0.15) is 0 Å². The van der Waals surface area contributed by atoms with Gasteiger partial charge in [0, 0.05) is 24.0 Å². The van der Waals surface area contributed by atoms with E-state index in [2.05, 4.69) is 15.6 Å². The molecule has 0 radical (unpaired) electrons. The number of hydrogen-bond acceptors (Lipinski definition) is 4. The number of aromatic amines is 1. The molecule has 21 heavy (non-hydrogen) atoms. The van der Waals surface area contributed by atoms with Crippen molar-refractivity contribution in [1.29, 1.82) is 0 Å². The van der Waals surface area contributed by atoms with Crippen molar-refractivity contribution >= 4 is 39.8 Å². The zero-order valence-electron chi connectivity index (χ0n) is 11.0. The predicted molar refractivity (Wildman–Crippen MR) is 81.0 cm³/mol. The molecule has 0 saturated carbocycles. The van der Waals surface area contributed by atoms with E-state index in [0.717, 1.165) is 11.3 Å². The zero-order chi connectivity index (χ0) is 14.8. The van der Waals surface area contributed by atoms with Crippen molar-refractivity contribution in [2.45, 2.75) is 0 Å². The van der Waals surface area contributed by atoms with Crippen molar-refractivity contribution in [2.24, 2.45) is 0 Å². The average molecular weight is 303 g/mol. The van der Waals surface area contributed by atoms with E-state index in [4.69, 9.17) is 5.11 Å². The highest BCUT2D eigenvalue weighted by Crippen LogP contribution is 2.39. The van der Waals surface area contributed by atoms with E-state index >= 15 is 0 Å². The van der Waals surface area contributed by atoms with Gasteiger partial charge >= 0.3 is 0 Å². The molecule has 0 spiro atoms. The van der Waals surface area contributed by atoms with Gasteiger partial charge in [-0.25, -0.2) is 0 Å². The summed E-state index contributed by atoms with van der Waals surface area (Å²) in [6.45, 7) is 0.102. The topological polar surface area (TPSA) is 94.2 Å². The van der Waals surface area contributed by atoms with Gasteiger partial charge in [0.1, 0.15) is 5.00 Å². The molecule has 0 atom stereocenters. The number of rotatable bonds is 4. The van der Waals surface area contributed by atoms with Crippen molar-refractivity contribution in [3.63, 3.8) is 0 Å². The lowest BCUT2D eigenvalue weighted by atomic mass is 10.1. The molecule has 4 N–H and O–H groups in total. The molecule has 3 rings (SSSR count). The van der Waals surface area contributed by atoms with Gasteiger partial charge in [0.2, 0.25) is 0 Å². The van der Waals surface area contributed by atoms with E-state index in [-0.39, 0.29) is 25.0 Å². The summed E-state index contributed by atoms with van der Waals surface area (Å²) in [6, 6.07) is 5.40. The molecular formula is C14H13N3O3S. The second kappa shape index (κ2) is 5.55. The highest BCUT2D eigenvalue weighted by Gasteiger charge is 2.28. The molecular weight excluding hydrogens is 290 g/mol. The van der Waals surface area contributed by atoms with Gasteiger partial charge in [-0.1, -0.05) is 0 Å². The Morgan fingerprint density at radius 3 is 3.05 bits per heavy atom. The van der Waals surface area contributed by atoms with Gasteiger partial charge in [-0.05, 0) is 24.3 Å². The van der Waals surface area contributed by atoms with E-state index in [1.165, 1.54) is 11.3 Å². The van der Waals surface area contributed by atoms with Crippen LogP contribution in [0.15, 0.2) is 24.4 Å². The van der Waals surface area contributed by atoms with Crippen molar-refractivity contribution in [1.82, 2.24) is 10.3 Å². The maximum absolute atomic E-state index is 12.0. The molecule has 1 aliphatic heterocycles. The monoisotopic (exact) mass is 303 g/mol. The maximum Gasteiger partial charge on any atom is 0.261 e. The Labute approximate surface area is 124 Å². The molecule has 0 unspecified atom stereocenters. The number of nitrogens with one attached hydrogen (secondary N) is 3. The van der Waals surface area contributed by atoms with E-state index in [9.17, 15) is 9.59 Å². The van der Waals surface area contributed by atoms with Crippen LogP contribution in [0.4, 0.5) is 5.00 Å². The Morgan fingerprint density at radius 1 is 1.48 bits per heavy atom. The second-order valence-electron chi connectivity index (χ2n) is 4.47. The van der Waals surface area contributed by atoms with Gasteiger partial charge in [0.25, 0.3) is 11.8 Å². The highest BCUT2D eigenvalue weighted by molar-refractivity contribution is 7.18. The van der Waals surface area contributed by atoms with Crippen LogP contribution in [0, 0.1) is 0 Å². The number of fused-ring (bicyclic) bond motifs is 1. The summed E-state index contributed by atoms with van der Waals surface area (Å²) in [5.74, 6) is -0.426. The fourth-order valence-electron chi connectivity index (χ4n) is 2.08. The summed E-state index contributed by atoms with van der Waals surface area (Å²) in [6.07, 6.45) is 3.53. The average Bonchev–Trinajstić information content (AvgIpc) is 3.15. The largest absolute Gasteiger partial charge is 0.395 e. The summed E-state index contributed by atoms with van der Waals surface area (Å²) in [5, 5.41) is 14.7. The molecule has 2 aromatic rings. The molecule has 0 fully saturated rings. The standard InChI is InChI=1S/C14H13N3O3S/c18-5-4-16-13(20)11-7-10-9(6-8-2-1-3-15-8)12(19)17-14(10)21-11/h1-3,6-7,15,18H,4-5H2,(H,16,20)(H,17,19)/b9-6-. The van der Waals surface area contributed by atoms with Crippen molar-refractivity contribution < 1.29 is 14.7 Å². The molecule has 6 nitrogen and oxygen atoms in total. The normalized spacial score (nSPS) is 15.1. The molecule has 3 heterocycles. The Balaban J connectivity index is 1.90. The first-order chi connectivity index (χ1) is 10.2. The SMILES string of the molecule is O=C1Nc2sc(C(=O)NCCO)cc2/C1=C/c1ccc[nH]1. The third-order valence-electron chi connectivity index (χ3n) is 3.04. The minimum absolute atomic E-state index is 0.106. The Kier molecular flexibility index (Phi) is 3.59. The van der Waals surface area contributed by atoms with Gasteiger partial charge in [-0.3, -0.25) is 9.59 Å². The van der Waals surface area contributed by atoms with Gasteiger partial charge in [-0.15, -0.1) is 11.3 Å². The Bertz CT molecular complexity index is 716. The maximum atomic E-state index is 12.0. The molecule has 2 amide bonds. The highest BCUT2D eigenvalue weighted by atomic mass is 32.1. The van der Waals surface area contributed by atoms with Crippen LogP contribution in [0.25, 0.3) is 11.6 Å². The zero-order valence-corrected chi connectivity index (χ0v) is 11.8.